The van der Waals surface area contributed by atoms with E-state index in [0.717, 1.165) is 33.4 Å². The molecule has 0 radical (unpaired) electrons. The zero-order valence-corrected chi connectivity index (χ0v) is 20.6. The molecule has 2 aliphatic heterocycles. The minimum Gasteiger partial charge on any atom is -0.455 e. The molecule has 12 nitrogen and oxygen atoms in total. The minimum atomic E-state index is -1.58. The number of hydrogen-bond donors (Lipinski definition) is 0. The van der Waals surface area contributed by atoms with Gasteiger partial charge < -0.3 is 33.5 Å². The molecule has 2 heterocycles. The molecule has 2 fully saturated rings. The standard InChI is InChI=1S/C24H30N2O10/c1-14(27)32-19-20(33-15(2)28)22(34-16(3)29)24(35-17(4)30)36-21(19)23(31)26-12-10-25(11-13-26)18-8-6-5-7-9-18/h5-9,19-22,24H,10-13H2,1-4H3/t19-,20-,21-,22+,24+/m0/s1. The SMILES string of the molecule is CC(=O)O[C@@H]1O[C@H](C(=O)N2CCN(c3ccccc3)CC2)[C@@H](OC(C)=O)[C@H](OC(C)=O)[C@H]1OC(C)=O. The van der Waals surface area contributed by atoms with Gasteiger partial charge in [-0.15, -0.1) is 0 Å². The Morgan fingerprint density at radius 1 is 0.694 bits per heavy atom. The summed E-state index contributed by atoms with van der Waals surface area (Å²) >= 11 is 0. The maximum absolute atomic E-state index is 13.6. The molecule has 3 rings (SSSR count). The van der Waals surface area contributed by atoms with Crippen molar-refractivity contribution in [3.63, 3.8) is 0 Å². The highest BCUT2D eigenvalue weighted by Gasteiger charge is 2.56. The van der Waals surface area contributed by atoms with Crippen molar-refractivity contribution in [3.8, 4) is 0 Å². The number of amides is 1. The number of benzene rings is 1. The van der Waals surface area contributed by atoms with Crippen molar-refractivity contribution in [1.82, 2.24) is 4.90 Å². The van der Waals surface area contributed by atoms with Crippen LogP contribution >= 0.6 is 0 Å². The van der Waals surface area contributed by atoms with Crippen LogP contribution in [0.1, 0.15) is 27.7 Å². The van der Waals surface area contributed by atoms with Gasteiger partial charge in [0, 0.05) is 59.6 Å². The molecule has 0 aromatic heterocycles. The van der Waals surface area contributed by atoms with Gasteiger partial charge in [0.05, 0.1) is 0 Å². The van der Waals surface area contributed by atoms with E-state index in [1.165, 1.54) is 4.90 Å². The maximum Gasteiger partial charge on any atom is 0.305 e. The highest BCUT2D eigenvalue weighted by molar-refractivity contribution is 5.83. The van der Waals surface area contributed by atoms with Crippen LogP contribution in [0, 0.1) is 0 Å². The third-order valence-corrected chi connectivity index (χ3v) is 5.64. The van der Waals surface area contributed by atoms with E-state index < -0.39 is 60.5 Å². The van der Waals surface area contributed by atoms with Gasteiger partial charge in [-0.1, -0.05) is 18.2 Å². The fourth-order valence-corrected chi connectivity index (χ4v) is 4.23. The van der Waals surface area contributed by atoms with Crippen LogP contribution in [0.5, 0.6) is 0 Å². The zero-order valence-electron chi connectivity index (χ0n) is 20.6. The molecule has 196 valence electrons. The first-order valence-electron chi connectivity index (χ1n) is 11.5. The molecular weight excluding hydrogens is 476 g/mol. The molecule has 0 saturated carbocycles. The van der Waals surface area contributed by atoms with Gasteiger partial charge in [0.1, 0.15) is 0 Å². The summed E-state index contributed by atoms with van der Waals surface area (Å²) in [6.07, 6.45) is -7.46. The number of hydrogen-bond acceptors (Lipinski definition) is 11. The second-order valence-electron chi connectivity index (χ2n) is 8.40. The largest absolute Gasteiger partial charge is 0.455 e. The summed E-state index contributed by atoms with van der Waals surface area (Å²) < 4.78 is 26.8. The number of para-hydroxylation sites is 1. The maximum atomic E-state index is 13.6. The summed E-state index contributed by atoms with van der Waals surface area (Å²) in [4.78, 5) is 64.6. The Bertz CT molecular complexity index is 976. The van der Waals surface area contributed by atoms with Crippen molar-refractivity contribution < 1.29 is 47.7 Å². The second kappa shape index (κ2) is 11.8. The highest BCUT2D eigenvalue weighted by atomic mass is 16.7. The molecule has 0 aliphatic carbocycles. The third-order valence-electron chi connectivity index (χ3n) is 5.64. The lowest BCUT2D eigenvalue weighted by atomic mass is 9.96. The van der Waals surface area contributed by atoms with E-state index in [2.05, 4.69) is 4.90 Å². The number of piperazine rings is 1. The van der Waals surface area contributed by atoms with E-state index in [1.54, 1.807) is 0 Å². The van der Waals surface area contributed by atoms with Gasteiger partial charge in [-0.25, -0.2) is 0 Å². The minimum absolute atomic E-state index is 0.338. The Labute approximate surface area is 208 Å². The van der Waals surface area contributed by atoms with Crippen molar-refractivity contribution in [3.05, 3.63) is 30.3 Å². The van der Waals surface area contributed by atoms with Crippen molar-refractivity contribution in [2.45, 2.75) is 58.4 Å². The molecule has 1 amide bonds. The van der Waals surface area contributed by atoms with Gasteiger partial charge in [0.25, 0.3) is 5.91 Å². The van der Waals surface area contributed by atoms with Gasteiger partial charge in [0.15, 0.2) is 18.3 Å². The molecule has 2 aliphatic rings. The van der Waals surface area contributed by atoms with Crippen molar-refractivity contribution in [2.75, 3.05) is 31.1 Å². The second-order valence-corrected chi connectivity index (χ2v) is 8.40. The van der Waals surface area contributed by atoms with Crippen molar-refractivity contribution in [1.29, 1.82) is 0 Å². The van der Waals surface area contributed by atoms with Crippen LogP contribution in [0.4, 0.5) is 5.69 Å². The summed E-state index contributed by atoms with van der Waals surface area (Å²) in [7, 11) is 0. The Morgan fingerprint density at radius 2 is 1.19 bits per heavy atom. The number of ether oxygens (including phenoxy) is 5. The van der Waals surface area contributed by atoms with Crippen molar-refractivity contribution >= 4 is 35.5 Å². The predicted octanol–water partition coefficient (Wildman–Crippen LogP) is 0.418. The van der Waals surface area contributed by atoms with E-state index in [4.69, 9.17) is 23.7 Å². The molecule has 0 unspecified atom stereocenters. The zero-order chi connectivity index (χ0) is 26.4. The number of esters is 4. The lowest BCUT2D eigenvalue weighted by molar-refractivity contribution is -0.292. The first-order chi connectivity index (χ1) is 17.1. The first kappa shape index (κ1) is 26.9. The lowest BCUT2D eigenvalue weighted by Crippen LogP contribution is -2.66. The lowest BCUT2D eigenvalue weighted by Gasteiger charge is -2.45. The van der Waals surface area contributed by atoms with E-state index in [0.29, 0.717) is 26.2 Å². The van der Waals surface area contributed by atoms with Crippen LogP contribution in [0.25, 0.3) is 0 Å². The van der Waals surface area contributed by atoms with E-state index in [-0.39, 0.29) is 0 Å². The van der Waals surface area contributed by atoms with Crippen molar-refractivity contribution in [2.24, 2.45) is 0 Å². The molecule has 12 heteroatoms. The topological polar surface area (TPSA) is 138 Å². The molecule has 5 atom stereocenters. The fraction of sp³-hybridized carbons (Fsp3) is 0.542. The Kier molecular flexibility index (Phi) is 8.86. The average Bonchev–Trinajstić information content (AvgIpc) is 2.81. The summed E-state index contributed by atoms with van der Waals surface area (Å²) in [6, 6.07) is 9.72. The molecule has 0 bridgehead atoms. The van der Waals surface area contributed by atoms with Gasteiger partial charge in [-0.2, -0.15) is 0 Å². The molecule has 0 N–H and O–H groups in total. The van der Waals surface area contributed by atoms with Crippen LogP contribution in [0.2, 0.25) is 0 Å². The van der Waals surface area contributed by atoms with Crippen LogP contribution < -0.4 is 4.90 Å². The van der Waals surface area contributed by atoms with Crippen LogP contribution in [-0.2, 0) is 47.7 Å². The van der Waals surface area contributed by atoms with Gasteiger partial charge in [-0.3, -0.25) is 24.0 Å². The highest BCUT2D eigenvalue weighted by Crippen LogP contribution is 2.31. The number of carbonyl (C=O) groups is 5. The Morgan fingerprint density at radius 3 is 1.72 bits per heavy atom. The Hall–Kier alpha value is -3.67. The van der Waals surface area contributed by atoms with Crippen LogP contribution in [0.3, 0.4) is 0 Å². The van der Waals surface area contributed by atoms with Gasteiger partial charge in [-0.05, 0) is 12.1 Å². The summed E-state index contributed by atoms with van der Waals surface area (Å²) in [5.41, 5.74) is 1.02. The summed E-state index contributed by atoms with van der Waals surface area (Å²) in [5.74, 6) is -3.70. The van der Waals surface area contributed by atoms with Gasteiger partial charge >= 0.3 is 23.9 Å². The number of nitrogens with zero attached hydrogens (tertiary/aromatic N) is 2. The monoisotopic (exact) mass is 506 g/mol. The number of carbonyl (C=O) groups excluding carboxylic acids is 5. The fourth-order valence-electron chi connectivity index (χ4n) is 4.23. The molecule has 2 saturated heterocycles. The molecule has 0 spiro atoms. The molecule has 36 heavy (non-hydrogen) atoms. The molecule has 1 aromatic rings. The van der Waals surface area contributed by atoms with Crippen LogP contribution in [0.15, 0.2) is 30.3 Å². The average molecular weight is 507 g/mol. The predicted molar refractivity (Wildman–Crippen MR) is 122 cm³/mol. The summed E-state index contributed by atoms with van der Waals surface area (Å²) in [6.45, 7) is 6.17. The van der Waals surface area contributed by atoms with E-state index in [1.807, 2.05) is 30.3 Å². The normalized spacial score (nSPS) is 25.9. The quantitative estimate of drug-likeness (QED) is 0.392. The van der Waals surface area contributed by atoms with E-state index in [9.17, 15) is 24.0 Å². The molecular formula is C24H30N2O10. The smallest absolute Gasteiger partial charge is 0.305 e. The Balaban J connectivity index is 1.87. The van der Waals surface area contributed by atoms with Crippen LogP contribution in [-0.4, -0.2) is 91.6 Å². The molecule has 1 aromatic carbocycles. The van der Waals surface area contributed by atoms with Gasteiger partial charge in [0.2, 0.25) is 12.4 Å². The first-order valence-corrected chi connectivity index (χ1v) is 11.5. The number of anilines is 1. The summed E-state index contributed by atoms with van der Waals surface area (Å²) in [5, 5.41) is 0. The van der Waals surface area contributed by atoms with E-state index >= 15 is 0 Å². The third kappa shape index (κ3) is 6.72. The number of rotatable bonds is 6.